The first kappa shape index (κ1) is 9.61. The molecule has 0 aromatic carbocycles. The number of rotatable bonds is 2. The zero-order valence-corrected chi connectivity index (χ0v) is 8.08. The number of aromatic nitrogens is 2. The summed E-state index contributed by atoms with van der Waals surface area (Å²) in [5, 5.41) is 10.6. The van der Waals surface area contributed by atoms with Crippen LogP contribution in [0.5, 0.6) is 0 Å². The van der Waals surface area contributed by atoms with Gasteiger partial charge in [0.2, 0.25) is 5.91 Å². The topological polar surface area (TPSA) is 78.7 Å². The number of nitriles is 1. The largest absolute Gasteiger partial charge is 0.309 e. The first-order valence-corrected chi connectivity index (χ1v) is 4.16. The summed E-state index contributed by atoms with van der Waals surface area (Å²) in [4.78, 5) is 18.6. The van der Waals surface area contributed by atoms with Crippen molar-refractivity contribution in [1.82, 2.24) is 9.97 Å². The Morgan fingerprint density at radius 1 is 1.62 bits per heavy atom. The number of hydrogen-bond donors (Lipinski definition) is 1. The van der Waals surface area contributed by atoms with Gasteiger partial charge in [0.05, 0.1) is 18.5 Å². The van der Waals surface area contributed by atoms with Gasteiger partial charge in [-0.3, -0.25) is 4.79 Å². The highest BCUT2D eigenvalue weighted by atomic mass is 79.9. The number of anilines is 1. The summed E-state index contributed by atoms with van der Waals surface area (Å²) >= 11 is 3.10. The van der Waals surface area contributed by atoms with Crippen molar-refractivity contribution in [3.63, 3.8) is 0 Å². The molecule has 13 heavy (non-hydrogen) atoms. The van der Waals surface area contributed by atoms with Crippen molar-refractivity contribution in [2.45, 2.75) is 6.42 Å². The van der Waals surface area contributed by atoms with Gasteiger partial charge in [0, 0.05) is 0 Å². The summed E-state index contributed by atoms with van der Waals surface area (Å²) < 4.78 is 0.589. The highest BCUT2D eigenvalue weighted by Crippen LogP contribution is 2.05. The fourth-order valence-electron chi connectivity index (χ4n) is 0.636. The van der Waals surface area contributed by atoms with Crippen LogP contribution >= 0.6 is 15.9 Å². The van der Waals surface area contributed by atoms with Crippen LogP contribution < -0.4 is 5.32 Å². The van der Waals surface area contributed by atoms with E-state index in [1.807, 2.05) is 0 Å². The summed E-state index contributed by atoms with van der Waals surface area (Å²) in [6.07, 6.45) is 2.68. The van der Waals surface area contributed by atoms with E-state index in [9.17, 15) is 4.79 Å². The van der Waals surface area contributed by atoms with E-state index in [0.717, 1.165) is 0 Å². The predicted octanol–water partition coefficient (Wildman–Crippen LogP) is 1.09. The molecule has 0 bridgehead atoms. The van der Waals surface area contributed by atoms with E-state index in [1.54, 1.807) is 6.07 Å². The molecule has 0 saturated heterocycles. The van der Waals surface area contributed by atoms with Crippen LogP contribution in [0.1, 0.15) is 6.42 Å². The lowest BCUT2D eigenvalue weighted by molar-refractivity contribution is -0.115. The minimum Gasteiger partial charge on any atom is -0.309 e. The van der Waals surface area contributed by atoms with Gasteiger partial charge in [-0.1, -0.05) is 0 Å². The Kier molecular flexibility index (Phi) is 3.34. The lowest BCUT2D eigenvalue weighted by Gasteiger charge is -1.99. The Bertz CT molecular complexity index is 343. The molecule has 1 aromatic heterocycles. The average Bonchev–Trinajstić information content (AvgIpc) is 2.09. The van der Waals surface area contributed by atoms with E-state index < -0.39 is 0 Å². The summed E-state index contributed by atoms with van der Waals surface area (Å²) in [6.45, 7) is 0. The second-order valence-corrected chi connectivity index (χ2v) is 2.92. The molecule has 0 atom stereocenters. The van der Waals surface area contributed by atoms with Crippen LogP contribution in [-0.2, 0) is 4.79 Å². The van der Waals surface area contributed by atoms with Gasteiger partial charge < -0.3 is 5.32 Å². The lowest BCUT2D eigenvalue weighted by atomic mass is 10.4. The van der Waals surface area contributed by atoms with Crippen molar-refractivity contribution < 1.29 is 4.79 Å². The molecule has 0 fully saturated rings. The Balaban J connectivity index is 2.60. The molecule has 1 rings (SSSR count). The first-order valence-electron chi connectivity index (χ1n) is 3.36. The maximum Gasteiger partial charge on any atom is 0.239 e. The average molecular weight is 241 g/mol. The number of nitrogens with zero attached hydrogens (tertiary/aromatic N) is 3. The number of halogens is 1. The highest BCUT2D eigenvalue weighted by Gasteiger charge is 2.01. The third kappa shape index (κ3) is 3.17. The molecule has 1 heterocycles. The van der Waals surface area contributed by atoms with Gasteiger partial charge in [-0.2, -0.15) is 5.26 Å². The SMILES string of the molecule is N#CCC(=O)Nc1cnc(Br)cn1. The Morgan fingerprint density at radius 2 is 2.38 bits per heavy atom. The summed E-state index contributed by atoms with van der Waals surface area (Å²) in [7, 11) is 0. The molecule has 0 aliphatic carbocycles. The van der Waals surface area contributed by atoms with Gasteiger partial charge in [0.1, 0.15) is 11.0 Å². The van der Waals surface area contributed by atoms with Gasteiger partial charge in [0.15, 0.2) is 5.82 Å². The smallest absolute Gasteiger partial charge is 0.239 e. The molecule has 6 heteroatoms. The van der Waals surface area contributed by atoms with Gasteiger partial charge in [-0.25, -0.2) is 9.97 Å². The standard InChI is InChI=1S/C7H5BrN4O/c8-5-3-11-6(4-10-5)12-7(13)1-2-9/h3-4H,1H2,(H,11,12,13). The van der Waals surface area contributed by atoms with Crippen molar-refractivity contribution in [3.8, 4) is 6.07 Å². The van der Waals surface area contributed by atoms with Crippen molar-refractivity contribution in [2.24, 2.45) is 0 Å². The molecule has 66 valence electrons. The molecule has 0 unspecified atom stereocenters. The van der Waals surface area contributed by atoms with E-state index in [-0.39, 0.29) is 12.3 Å². The lowest BCUT2D eigenvalue weighted by Crippen LogP contribution is -2.11. The minimum absolute atomic E-state index is 0.183. The molecule has 0 spiro atoms. The fourth-order valence-corrected chi connectivity index (χ4v) is 0.840. The van der Waals surface area contributed by atoms with Crippen LogP contribution in [-0.4, -0.2) is 15.9 Å². The maximum absolute atomic E-state index is 10.9. The molecule has 1 N–H and O–H groups in total. The van der Waals surface area contributed by atoms with Crippen LogP contribution in [0.2, 0.25) is 0 Å². The van der Waals surface area contributed by atoms with E-state index in [0.29, 0.717) is 10.4 Å². The third-order valence-electron chi connectivity index (χ3n) is 1.13. The second-order valence-electron chi connectivity index (χ2n) is 2.11. The second kappa shape index (κ2) is 4.52. The number of amides is 1. The van der Waals surface area contributed by atoms with Gasteiger partial charge in [-0.15, -0.1) is 0 Å². The van der Waals surface area contributed by atoms with E-state index in [2.05, 4.69) is 31.2 Å². The fraction of sp³-hybridized carbons (Fsp3) is 0.143. The molecule has 1 aromatic rings. The molecule has 0 radical (unpaired) electrons. The van der Waals surface area contributed by atoms with Crippen molar-refractivity contribution in [1.29, 1.82) is 5.26 Å². The van der Waals surface area contributed by atoms with E-state index >= 15 is 0 Å². The molecule has 0 saturated carbocycles. The van der Waals surface area contributed by atoms with Gasteiger partial charge in [-0.05, 0) is 15.9 Å². The van der Waals surface area contributed by atoms with Crippen molar-refractivity contribution >= 4 is 27.7 Å². The van der Waals surface area contributed by atoms with Gasteiger partial charge in [0.25, 0.3) is 0 Å². The van der Waals surface area contributed by atoms with Crippen molar-refractivity contribution in [3.05, 3.63) is 17.0 Å². The summed E-state index contributed by atoms with van der Waals surface area (Å²) in [5.74, 6) is -0.0532. The van der Waals surface area contributed by atoms with Crippen LogP contribution in [0.25, 0.3) is 0 Å². The molecule has 0 aliphatic heterocycles. The predicted molar refractivity (Wildman–Crippen MR) is 48.6 cm³/mol. The quantitative estimate of drug-likeness (QED) is 0.840. The van der Waals surface area contributed by atoms with Crippen LogP contribution in [0.3, 0.4) is 0 Å². The Labute approximate surface area is 82.9 Å². The molecule has 5 nitrogen and oxygen atoms in total. The molecular formula is C7H5BrN4O. The first-order chi connectivity index (χ1) is 6.22. The monoisotopic (exact) mass is 240 g/mol. The van der Waals surface area contributed by atoms with E-state index in [1.165, 1.54) is 12.4 Å². The Morgan fingerprint density at radius 3 is 2.92 bits per heavy atom. The normalized spacial score (nSPS) is 8.92. The summed E-state index contributed by atoms with van der Waals surface area (Å²) in [6, 6.07) is 1.73. The Hall–Kier alpha value is -1.48. The molecule has 0 aliphatic rings. The zero-order chi connectivity index (χ0) is 9.68. The number of carbonyl (C=O) groups is 1. The maximum atomic E-state index is 10.9. The zero-order valence-electron chi connectivity index (χ0n) is 6.49. The van der Waals surface area contributed by atoms with Gasteiger partial charge >= 0.3 is 0 Å². The van der Waals surface area contributed by atoms with E-state index in [4.69, 9.17) is 5.26 Å². The number of carbonyl (C=O) groups excluding carboxylic acids is 1. The van der Waals surface area contributed by atoms with Crippen LogP contribution in [0.4, 0.5) is 5.82 Å². The van der Waals surface area contributed by atoms with Crippen LogP contribution in [0.15, 0.2) is 17.0 Å². The molecular weight excluding hydrogens is 236 g/mol. The third-order valence-corrected chi connectivity index (χ3v) is 1.54. The minimum atomic E-state index is -0.390. The molecule has 1 amide bonds. The number of hydrogen-bond acceptors (Lipinski definition) is 4. The number of nitrogens with one attached hydrogen (secondary N) is 1. The summed E-state index contributed by atoms with van der Waals surface area (Å²) in [5.41, 5.74) is 0. The van der Waals surface area contributed by atoms with Crippen LogP contribution in [0, 0.1) is 11.3 Å². The van der Waals surface area contributed by atoms with Crippen molar-refractivity contribution in [2.75, 3.05) is 5.32 Å². The highest BCUT2D eigenvalue weighted by molar-refractivity contribution is 9.10.